The summed E-state index contributed by atoms with van der Waals surface area (Å²) < 4.78 is 0. The molecule has 0 saturated carbocycles. The number of nitrogens with two attached hydrogens (primary N) is 1. The molecule has 16 heavy (non-hydrogen) atoms. The van der Waals surface area contributed by atoms with E-state index in [1.54, 1.807) is 0 Å². The van der Waals surface area contributed by atoms with Crippen LogP contribution in [-0.4, -0.2) is 6.54 Å². The van der Waals surface area contributed by atoms with Crippen molar-refractivity contribution in [2.24, 2.45) is 11.1 Å². The van der Waals surface area contributed by atoms with E-state index in [9.17, 15) is 0 Å². The molecule has 0 rings (SSSR count). The van der Waals surface area contributed by atoms with E-state index >= 15 is 0 Å². The first-order valence-corrected chi connectivity index (χ1v) is 7.38. The van der Waals surface area contributed by atoms with Crippen molar-refractivity contribution in [3.63, 3.8) is 0 Å². The van der Waals surface area contributed by atoms with Gasteiger partial charge in [-0.3, -0.25) is 0 Å². The first-order valence-electron chi connectivity index (χ1n) is 7.38. The summed E-state index contributed by atoms with van der Waals surface area (Å²) in [7, 11) is 0. The van der Waals surface area contributed by atoms with Crippen LogP contribution in [0.1, 0.15) is 85.0 Å². The molecule has 0 spiro atoms. The Morgan fingerprint density at radius 3 is 1.56 bits per heavy atom. The molecule has 0 aliphatic carbocycles. The van der Waals surface area contributed by atoms with E-state index in [0.29, 0.717) is 5.41 Å². The van der Waals surface area contributed by atoms with Gasteiger partial charge in [0.25, 0.3) is 0 Å². The lowest BCUT2D eigenvalue weighted by Crippen LogP contribution is -2.18. The van der Waals surface area contributed by atoms with Crippen LogP contribution in [0.2, 0.25) is 0 Å². The van der Waals surface area contributed by atoms with Crippen LogP contribution in [0, 0.1) is 5.41 Å². The molecule has 0 aromatic heterocycles. The fourth-order valence-corrected chi connectivity index (χ4v) is 2.51. The molecule has 0 aliphatic heterocycles. The second kappa shape index (κ2) is 10.1. The molecule has 0 aromatic rings. The van der Waals surface area contributed by atoms with E-state index in [1.165, 1.54) is 64.2 Å². The molecular formula is C15H33N. The van der Waals surface area contributed by atoms with Crippen molar-refractivity contribution in [1.29, 1.82) is 0 Å². The van der Waals surface area contributed by atoms with E-state index in [2.05, 4.69) is 20.8 Å². The number of unbranched alkanes of at least 4 members (excludes halogenated alkanes) is 4. The zero-order chi connectivity index (χ0) is 12.3. The Morgan fingerprint density at radius 2 is 1.19 bits per heavy atom. The van der Waals surface area contributed by atoms with Crippen molar-refractivity contribution in [3.8, 4) is 0 Å². The van der Waals surface area contributed by atoms with Crippen LogP contribution < -0.4 is 5.73 Å². The van der Waals surface area contributed by atoms with Crippen molar-refractivity contribution >= 4 is 0 Å². The molecule has 98 valence electrons. The van der Waals surface area contributed by atoms with Crippen LogP contribution in [0.5, 0.6) is 0 Å². The molecule has 0 saturated heterocycles. The minimum absolute atomic E-state index is 0.573. The van der Waals surface area contributed by atoms with E-state index in [4.69, 9.17) is 5.73 Å². The third kappa shape index (κ3) is 8.15. The molecule has 0 fully saturated rings. The minimum Gasteiger partial charge on any atom is -0.330 e. The van der Waals surface area contributed by atoms with Crippen LogP contribution in [0.15, 0.2) is 0 Å². The molecule has 0 atom stereocenters. The number of rotatable bonds is 11. The largest absolute Gasteiger partial charge is 0.330 e. The highest BCUT2D eigenvalue weighted by molar-refractivity contribution is 4.74. The van der Waals surface area contributed by atoms with Gasteiger partial charge in [-0.05, 0) is 37.6 Å². The van der Waals surface area contributed by atoms with Crippen molar-refractivity contribution < 1.29 is 0 Å². The van der Waals surface area contributed by atoms with E-state index in [1.807, 2.05) is 0 Å². The predicted octanol–water partition coefficient (Wildman–Crippen LogP) is 4.89. The standard InChI is InChI=1S/C15H33N/c1-4-6-8-11-15(3,13-10-14-16)12-9-7-5-2/h4-14,16H2,1-3H3. The third-order valence-corrected chi connectivity index (χ3v) is 3.75. The molecule has 2 N–H and O–H groups in total. The summed E-state index contributed by atoms with van der Waals surface area (Å²) >= 11 is 0. The molecular weight excluding hydrogens is 194 g/mol. The Labute approximate surface area is 103 Å². The maximum Gasteiger partial charge on any atom is -0.00771 e. The summed E-state index contributed by atoms with van der Waals surface area (Å²) in [5.74, 6) is 0. The quantitative estimate of drug-likeness (QED) is 0.500. The second-order valence-electron chi connectivity index (χ2n) is 5.62. The Bertz CT molecular complexity index is 132. The summed E-state index contributed by atoms with van der Waals surface area (Å²) in [5, 5.41) is 0. The normalized spacial score (nSPS) is 12.0. The maximum atomic E-state index is 5.65. The van der Waals surface area contributed by atoms with Gasteiger partial charge in [0, 0.05) is 0 Å². The lowest BCUT2D eigenvalue weighted by molar-refractivity contribution is 0.228. The fraction of sp³-hybridized carbons (Fsp3) is 1.00. The molecule has 0 aliphatic rings. The van der Waals surface area contributed by atoms with Gasteiger partial charge in [0.1, 0.15) is 0 Å². The summed E-state index contributed by atoms with van der Waals surface area (Å²) in [6.45, 7) is 7.91. The van der Waals surface area contributed by atoms with Crippen molar-refractivity contribution in [2.75, 3.05) is 6.54 Å². The Morgan fingerprint density at radius 1 is 0.750 bits per heavy atom. The maximum absolute atomic E-state index is 5.65. The Hall–Kier alpha value is -0.0400. The molecule has 0 radical (unpaired) electrons. The van der Waals surface area contributed by atoms with Crippen molar-refractivity contribution in [1.82, 2.24) is 0 Å². The van der Waals surface area contributed by atoms with Crippen LogP contribution in [-0.2, 0) is 0 Å². The summed E-state index contributed by atoms with van der Waals surface area (Å²) in [4.78, 5) is 0. The van der Waals surface area contributed by atoms with Gasteiger partial charge in [0.05, 0.1) is 0 Å². The highest BCUT2D eigenvalue weighted by Gasteiger charge is 2.22. The average molecular weight is 227 g/mol. The molecule has 0 heterocycles. The summed E-state index contributed by atoms with van der Waals surface area (Å²) in [6.07, 6.45) is 13.6. The van der Waals surface area contributed by atoms with E-state index < -0.39 is 0 Å². The highest BCUT2D eigenvalue weighted by atomic mass is 14.5. The smallest absolute Gasteiger partial charge is 0.00771 e. The lowest BCUT2D eigenvalue weighted by Gasteiger charge is -2.30. The molecule has 0 aromatic carbocycles. The Kier molecular flexibility index (Phi) is 10.1. The molecule has 1 heteroatoms. The highest BCUT2D eigenvalue weighted by Crippen LogP contribution is 2.35. The Balaban J connectivity index is 3.91. The second-order valence-corrected chi connectivity index (χ2v) is 5.62. The first-order chi connectivity index (χ1) is 7.68. The topological polar surface area (TPSA) is 26.0 Å². The summed E-state index contributed by atoms with van der Waals surface area (Å²) in [5.41, 5.74) is 6.22. The predicted molar refractivity (Wildman–Crippen MR) is 74.7 cm³/mol. The van der Waals surface area contributed by atoms with Gasteiger partial charge in [-0.25, -0.2) is 0 Å². The van der Waals surface area contributed by atoms with Crippen molar-refractivity contribution in [2.45, 2.75) is 85.0 Å². The SMILES string of the molecule is CCCCCC(C)(CCCN)CCCCC. The molecule has 0 unspecified atom stereocenters. The van der Waals surface area contributed by atoms with Crippen LogP contribution in [0.25, 0.3) is 0 Å². The summed E-state index contributed by atoms with van der Waals surface area (Å²) in [6, 6.07) is 0. The van der Waals surface area contributed by atoms with Gasteiger partial charge in [-0.1, -0.05) is 59.3 Å². The number of hydrogen-bond acceptors (Lipinski definition) is 1. The van der Waals surface area contributed by atoms with Crippen LogP contribution in [0.4, 0.5) is 0 Å². The molecule has 1 nitrogen and oxygen atoms in total. The van der Waals surface area contributed by atoms with E-state index in [0.717, 1.165) is 6.54 Å². The van der Waals surface area contributed by atoms with Crippen molar-refractivity contribution in [3.05, 3.63) is 0 Å². The fourth-order valence-electron chi connectivity index (χ4n) is 2.51. The monoisotopic (exact) mass is 227 g/mol. The zero-order valence-corrected chi connectivity index (χ0v) is 11.9. The van der Waals surface area contributed by atoms with E-state index in [-0.39, 0.29) is 0 Å². The lowest BCUT2D eigenvalue weighted by atomic mass is 9.76. The van der Waals surface area contributed by atoms with Crippen LogP contribution >= 0.6 is 0 Å². The molecule has 0 amide bonds. The van der Waals surface area contributed by atoms with Gasteiger partial charge >= 0.3 is 0 Å². The van der Waals surface area contributed by atoms with Gasteiger partial charge in [0.2, 0.25) is 0 Å². The first kappa shape index (κ1) is 16.0. The van der Waals surface area contributed by atoms with Gasteiger partial charge in [0.15, 0.2) is 0 Å². The van der Waals surface area contributed by atoms with Gasteiger partial charge < -0.3 is 5.73 Å². The average Bonchev–Trinajstić information content (AvgIpc) is 2.27. The van der Waals surface area contributed by atoms with Gasteiger partial charge in [-0.2, -0.15) is 0 Å². The number of hydrogen-bond donors (Lipinski definition) is 1. The van der Waals surface area contributed by atoms with Crippen LogP contribution in [0.3, 0.4) is 0 Å². The zero-order valence-electron chi connectivity index (χ0n) is 11.9. The third-order valence-electron chi connectivity index (χ3n) is 3.75. The molecule has 0 bridgehead atoms. The van der Waals surface area contributed by atoms with Gasteiger partial charge in [-0.15, -0.1) is 0 Å². The minimum atomic E-state index is 0.573.